The monoisotopic (exact) mass is 240 g/mol. The fourth-order valence-corrected chi connectivity index (χ4v) is 1.24. The molecule has 0 spiro atoms. The minimum Gasteiger partial charge on any atom is -0.341 e. The van der Waals surface area contributed by atoms with E-state index in [2.05, 4.69) is 22.5 Å². The lowest BCUT2D eigenvalue weighted by Crippen LogP contribution is -2.25. The molecule has 0 aliphatic carbocycles. The highest BCUT2D eigenvalue weighted by Gasteiger charge is 2.07. The van der Waals surface area contributed by atoms with Crippen molar-refractivity contribution in [2.24, 2.45) is 0 Å². The van der Waals surface area contributed by atoms with Crippen molar-refractivity contribution in [3.8, 4) is 24.7 Å². The number of benzene rings is 1. The summed E-state index contributed by atoms with van der Waals surface area (Å²) < 4.78 is 0. The van der Waals surface area contributed by atoms with E-state index in [0.29, 0.717) is 11.1 Å². The largest absolute Gasteiger partial charge is 0.341 e. The third-order valence-electron chi connectivity index (χ3n) is 2.11. The number of carbonyl (C=O) groups is 2. The molecule has 0 heterocycles. The highest BCUT2D eigenvalue weighted by Crippen LogP contribution is 2.04. The van der Waals surface area contributed by atoms with E-state index in [0.717, 1.165) is 0 Å². The first-order valence-corrected chi connectivity index (χ1v) is 5.22. The second-order valence-corrected chi connectivity index (χ2v) is 3.35. The Labute approximate surface area is 106 Å². The molecule has 90 valence electrons. The summed E-state index contributed by atoms with van der Waals surface area (Å²) in [5.74, 6) is 4.06. The zero-order valence-electron chi connectivity index (χ0n) is 9.69. The Hall–Kier alpha value is -2.72. The van der Waals surface area contributed by atoms with Crippen LogP contribution in [0.1, 0.15) is 20.7 Å². The minimum absolute atomic E-state index is 0.170. The zero-order valence-corrected chi connectivity index (χ0v) is 9.69. The third-order valence-corrected chi connectivity index (χ3v) is 2.11. The Bertz CT molecular complexity index is 469. The second kappa shape index (κ2) is 6.78. The lowest BCUT2D eigenvalue weighted by atomic mass is 10.1. The Morgan fingerprint density at radius 2 is 1.22 bits per heavy atom. The molecule has 0 atom stereocenters. The fraction of sp³-hybridized carbons (Fsp3) is 0.143. The normalized spacial score (nSPS) is 8.78. The van der Waals surface area contributed by atoms with Gasteiger partial charge in [-0.05, 0) is 24.3 Å². The first-order valence-electron chi connectivity index (χ1n) is 5.22. The van der Waals surface area contributed by atoms with E-state index in [1.165, 1.54) is 0 Å². The Kier molecular flexibility index (Phi) is 5.02. The topological polar surface area (TPSA) is 58.2 Å². The third kappa shape index (κ3) is 3.70. The second-order valence-electron chi connectivity index (χ2n) is 3.35. The predicted molar refractivity (Wildman–Crippen MR) is 68.8 cm³/mol. The van der Waals surface area contributed by atoms with Crippen molar-refractivity contribution in [2.45, 2.75) is 0 Å². The van der Waals surface area contributed by atoms with Crippen LogP contribution in [0.5, 0.6) is 0 Å². The molecule has 1 rings (SSSR count). The lowest BCUT2D eigenvalue weighted by Gasteiger charge is -2.04. The number of hydrogen-bond donors (Lipinski definition) is 2. The summed E-state index contributed by atoms with van der Waals surface area (Å²) in [6, 6.07) is 6.21. The SMILES string of the molecule is C#CCNC(=O)c1ccc(C(=O)NCC#C)cc1. The van der Waals surface area contributed by atoms with Crippen LogP contribution >= 0.6 is 0 Å². The van der Waals surface area contributed by atoms with Gasteiger partial charge in [-0.3, -0.25) is 9.59 Å². The Balaban J connectivity index is 2.69. The standard InChI is InChI=1S/C14H12N2O2/c1-3-9-15-13(17)11-5-7-12(8-6-11)14(18)16-10-4-2/h1-2,5-8H,9-10H2,(H,15,17)(H,16,18). The molecule has 18 heavy (non-hydrogen) atoms. The van der Waals surface area contributed by atoms with Gasteiger partial charge in [0.05, 0.1) is 13.1 Å². The van der Waals surface area contributed by atoms with Gasteiger partial charge in [-0.1, -0.05) is 11.8 Å². The average molecular weight is 240 g/mol. The van der Waals surface area contributed by atoms with Gasteiger partial charge in [0, 0.05) is 11.1 Å². The quantitative estimate of drug-likeness (QED) is 0.749. The van der Waals surface area contributed by atoms with Gasteiger partial charge >= 0.3 is 0 Å². The summed E-state index contributed by atoms with van der Waals surface area (Å²) in [6.07, 6.45) is 10.1. The maximum Gasteiger partial charge on any atom is 0.252 e. The molecule has 0 unspecified atom stereocenters. The number of terminal acetylenes is 2. The van der Waals surface area contributed by atoms with Gasteiger partial charge in [-0.15, -0.1) is 12.8 Å². The molecule has 4 heteroatoms. The molecule has 1 aromatic carbocycles. The van der Waals surface area contributed by atoms with E-state index in [4.69, 9.17) is 12.8 Å². The van der Waals surface area contributed by atoms with Gasteiger partial charge in [0.2, 0.25) is 0 Å². The smallest absolute Gasteiger partial charge is 0.252 e. The minimum atomic E-state index is -0.275. The number of nitrogens with one attached hydrogen (secondary N) is 2. The van der Waals surface area contributed by atoms with Crippen LogP contribution in [-0.4, -0.2) is 24.9 Å². The molecule has 2 amide bonds. The van der Waals surface area contributed by atoms with Crippen molar-refractivity contribution in [1.82, 2.24) is 10.6 Å². The first-order chi connectivity index (χ1) is 8.69. The van der Waals surface area contributed by atoms with Crippen molar-refractivity contribution in [3.05, 3.63) is 35.4 Å². The molecule has 0 bridgehead atoms. The van der Waals surface area contributed by atoms with E-state index in [9.17, 15) is 9.59 Å². The molecule has 0 fully saturated rings. The molecule has 0 aliphatic heterocycles. The van der Waals surface area contributed by atoms with Crippen molar-refractivity contribution in [2.75, 3.05) is 13.1 Å². The highest BCUT2D eigenvalue weighted by molar-refractivity contribution is 5.97. The summed E-state index contributed by atoms with van der Waals surface area (Å²) in [5.41, 5.74) is 0.887. The molecular formula is C14H12N2O2. The van der Waals surface area contributed by atoms with Crippen LogP contribution < -0.4 is 10.6 Å². The van der Waals surface area contributed by atoms with Crippen LogP contribution in [0, 0.1) is 24.7 Å². The molecule has 0 aliphatic rings. The number of amides is 2. The van der Waals surface area contributed by atoms with Crippen LogP contribution in [0.3, 0.4) is 0 Å². The summed E-state index contributed by atoms with van der Waals surface area (Å²) in [4.78, 5) is 23.0. The molecule has 1 aromatic rings. The van der Waals surface area contributed by atoms with E-state index < -0.39 is 0 Å². The molecule has 4 nitrogen and oxygen atoms in total. The average Bonchev–Trinajstić information content (AvgIpc) is 2.42. The Morgan fingerprint density at radius 3 is 1.50 bits per heavy atom. The molecular weight excluding hydrogens is 228 g/mol. The fourth-order valence-electron chi connectivity index (χ4n) is 1.24. The van der Waals surface area contributed by atoms with Crippen molar-refractivity contribution >= 4 is 11.8 Å². The maximum absolute atomic E-state index is 11.5. The molecule has 0 aromatic heterocycles. The summed E-state index contributed by atoms with van der Waals surface area (Å²) in [6.45, 7) is 0.340. The van der Waals surface area contributed by atoms with Gasteiger partial charge in [-0.25, -0.2) is 0 Å². The molecule has 0 radical (unpaired) electrons. The Morgan fingerprint density at radius 1 is 0.889 bits per heavy atom. The lowest BCUT2D eigenvalue weighted by molar-refractivity contribution is 0.0947. The molecule has 0 saturated carbocycles. The van der Waals surface area contributed by atoms with Gasteiger partial charge in [-0.2, -0.15) is 0 Å². The van der Waals surface area contributed by atoms with Gasteiger partial charge in [0.25, 0.3) is 11.8 Å². The van der Waals surface area contributed by atoms with E-state index in [-0.39, 0.29) is 24.9 Å². The summed E-state index contributed by atoms with van der Waals surface area (Å²) >= 11 is 0. The molecule has 2 N–H and O–H groups in total. The summed E-state index contributed by atoms with van der Waals surface area (Å²) in [5, 5.41) is 5.06. The van der Waals surface area contributed by atoms with Crippen molar-refractivity contribution < 1.29 is 9.59 Å². The van der Waals surface area contributed by atoms with Crippen molar-refractivity contribution in [3.63, 3.8) is 0 Å². The van der Waals surface area contributed by atoms with E-state index >= 15 is 0 Å². The zero-order chi connectivity index (χ0) is 13.4. The van der Waals surface area contributed by atoms with Crippen LogP contribution in [-0.2, 0) is 0 Å². The number of carbonyl (C=O) groups excluding carboxylic acids is 2. The number of hydrogen-bond acceptors (Lipinski definition) is 2. The van der Waals surface area contributed by atoms with Crippen LogP contribution in [0.2, 0.25) is 0 Å². The predicted octanol–water partition coefficient (Wildman–Crippen LogP) is 0.413. The van der Waals surface area contributed by atoms with Crippen LogP contribution in [0.4, 0.5) is 0 Å². The highest BCUT2D eigenvalue weighted by atomic mass is 16.2. The van der Waals surface area contributed by atoms with E-state index in [1.54, 1.807) is 24.3 Å². The maximum atomic E-state index is 11.5. The van der Waals surface area contributed by atoms with Gasteiger partial charge in [0.15, 0.2) is 0 Å². The van der Waals surface area contributed by atoms with Gasteiger partial charge in [0.1, 0.15) is 0 Å². The number of rotatable bonds is 4. The summed E-state index contributed by atoms with van der Waals surface area (Å²) in [7, 11) is 0. The first kappa shape index (κ1) is 13.3. The van der Waals surface area contributed by atoms with E-state index in [1.807, 2.05) is 0 Å². The van der Waals surface area contributed by atoms with Crippen molar-refractivity contribution in [1.29, 1.82) is 0 Å². The molecule has 0 saturated heterocycles. The van der Waals surface area contributed by atoms with Crippen LogP contribution in [0.15, 0.2) is 24.3 Å². The van der Waals surface area contributed by atoms with Gasteiger partial charge < -0.3 is 10.6 Å². The van der Waals surface area contributed by atoms with Crippen LogP contribution in [0.25, 0.3) is 0 Å².